The Hall–Kier alpha value is -3.66. The van der Waals surface area contributed by atoms with Gasteiger partial charge in [-0.2, -0.15) is 0 Å². The minimum Gasteiger partial charge on any atom is -0.453 e. The lowest BCUT2D eigenvalue weighted by molar-refractivity contribution is 0.0759. The number of aromatic nitrogens is 1. The average Bonchev–Trinajstić information content (AvgIpc) is 3.32. The number of carbonyl (C=O) groups excluding carboxylic acids is 3. The normalized spacial score (nSPS) is 16.8. The third-order valence-corrected chi connectivity index (χ3v) is 6.34. The fraction of sp³-hybridized carbons (Fsp3) is 0.440. The third kappa shape index (κ3) is 6.07. The molecule has 35 heavy (non-hydrogen) atoms. The molecule has 0 saturated carbocycles. The fourth-order valence-corrected chi connectivity index (χ4v) is 4.48. The molecule has 3 amide bonds. The van der Waals surface area contributed by atoms with Gasteiger partial charge >= 0.3 is 6.09 Å². The zero-order chi connectivity index (χ0) is 24.6. The first-order chi connectivity index (χ1) is 17.1. The van der Waals surface area contributed by atoms with Crippen molar-refractivity contribution in [3.8, 4) is 0 Å². The molecule has 2 aliphatic rings. The van der Waals surface area contributed by atoms with Gasteiger partial charge in [0.2, 0.25) is 0 Å². The summed E-state index contributed by atoms with van der Waals surface area (Å²) >= 11 is 0. The second-order valence-electron chi connectivity index (χ2n) is 8.61. The quantitative estimate of drug-likeness (QED) is 0.690. The van der Waals surface area contributed by atoms with Gasteiger partial charge in [-0.05, 0) is 49.7 Å². The van der Waals surface area contributed by atoms with Crippen molar-refractivity contribution >= 4 is 29.3 Å². The molecule has 0 bridgehead atoms. The molecule has 1 aromatic carbocycles. The van der Waals surface area contributed by atoms with E-state index < -0.39 is 6.09 Å². The largest absolute Gasteiger partial charge is 0.453 e. The maximum atomic E-state index is 13.1. The number of anilines is 2. The minimum atomic E-state index is -0.598. The van der Waals surface area contributed by atoms with E-state index in [9.17, 15) is 14.4 Å². The highest BCUT2D eigenvalue weighted by Crippen LogP contribution is 2.29. The second kappa shape index (κ2) is 11.7. The first kappa shape index (κ1) is 24.5. The summed E-state index contributed by atoms with van der Waals surface area (Å²) in [5, 5.41) is 6.08. The van der Waals surface area contributed by atoms with Crippen LogP contribution in [0.15, 0.2) is 42.7 Å². The fourth-order valence-electron chi connectivity index (χ4n) is 4.48. The average molecular weight is 481 g/mol. The van der Waals surface area contributed by atoms with Crippen LogP contribution in [0.3, 0.4) is 0 Å². The van der Waals surface area contributed by atoms with Crippen LogP contribution in [0, 0.1) is 0 Å². The molecule has 2 aliphatic heterocycles. The van der Waals surface area contributed by atoms with Crippen molar-refractivity contribution in [1.29, 1.82) is 0 Å². The molecule has 10 heteroatoms. The highest BCUT2D eigenvalue weighted by Gasteiger charge is 2.24. The number of nitrogens with zero attached hydrogens (tertiary/aromatic N) is 4. The Morgan fingerprint density at radius 3 is 2.40 bits per heavy atom. The van der Waals surface area contributed by atoms with Crippen LogP contribution in [0.2, 0.25) is 0 Å². The number of amides is 3. The van der Waals surface area contributed by atoms with Crippen LogP contribution in [0.25, 0.3) is 0 Å². The Labute approximate surface area is 205 Å². The number of ether oxygens (including phenoxy) is 1. The number of benzene rings is 1. The molecule has 3 heterocycles. The monoisotopic (exact) mass is 480 g/mol. The highest BCUT2D eigenvalue weighted by molar-refractivity contribution is 5.99. The van der Waals surface area contributed by atoms with E-state index in [-0.39, 0.29) is 11.8 Å². The molecule has 10 nitrogen and oxygen atoms in total. The van der Waals surface area contributed by atoms with E-state index in [0.29, 0.717) is 56.1 Å². The molecule has 2 aromatic rings. The first-order valence-electron chi connectivity index (χ1n) is 12.0. The summed E-state index contributed by atoms with van der Waals surface area (Å²) < 4.78 is 4.82. The minimum absolute atomic E-state index is 0.0185. The molecule has 0 atom stereocenters. The SMILES string of the molecule is COC(=O)Nc1cc(C(=O)N2CCCNCC2)ccc1N1CCCN(C(=O)c2ccncc2)CC1. The van der Waals surface area contributed by atoms with Gasteiger partial charge in [0, 0.05) is 69.3 Å². The number of rotatable bonds is 4. The highest BCUT2D eigenvalue weighted by atomic mass is 16.5. The van der Waals surface area contributed by atoms with Crippen LogP contribution in [0.5, 0.6) is 0 Å². The maximum absolute atomic E-state index is 13.1. The Morgan fingerprint density at radius 1 is 0.857 bits per heavy atom. The van der Waals surface area contributed by atoms with Crippen molar-refractivity contribution < 1.29 is 19.1 Å². The van der Waals surface area contributed by atoms with E-state index >= 15 is 0 Å². The van der Waals surface area contributed by atoms with Crippen molar-refractivity contribution in [3.63, 3.8) is 0 Å². The molecule has 186 valence electrons. The number of hydrogen-bond donors (Lipinski definition) is 2. The zero-order valence-corrected chi connectivity index (χ0v) is 20.0. The lowest BCUT2D eigenvalue weighted by Gasteiger charge is -2.27. The predicted octanol–water partition coefficient (Wildman–Crippen LogP) is 2.05. The first-order valence-corrected chi connectivity index (χ1v) is 12.0. The van der Waals surface area contributed by atoms with Gasteiger partial charge in [0.25, 0.3) is 11.8 Å². The number of hydrogen-bond acceptors (Lipinski definition) is 7. The van der Waals surface area contributed by atoms with Crippen LogP contribution in [-0.4, -0.2) is 92.2 Å². The van der Waals surface area contributed by atoms with Gasteiger partial charge in [-0.1, -0.05) is 0 Å². The van der Waals surface area contributed by atoms with E-state index in [1.54, 1.807) is 30.6 Å². The maximum Gasteiger partial charge on any atom is 0.411 e. The second-order valence-corrected chi connectivity index (χ2v) is 8.61. The molecular formula is C25H32N6O4. The summed E-state index contributed by atoms with van der Waals surface area (Å²) in [7, 11) is 1.31. The number of carbonyl (C=O) groups is 3. The summed E-state index contributed by atoms with van der Waals surface area (Å²) in [5.41, 5.74) is 2.45. The molecule has 0 aliphatic carbocycles. The Kier molecular flexibility index (Phi) is 8.15. The van der Waals surface area contributed by atoms with Crippen molar-refractivity contribution in [1.82, 2.24) is 20.1 Å². The van der Waals surface area contributed by atoms with Gasteiger partial charge in [0.05, 0.1) is 18.5 Å². The lowest BCUT2D eigenvalue weighted by Crippen LogP contribution is -2.35. The number of nitrogens with one attached hydrogen (secondary N) is 2. The van der Waals surface area contributed by atoms with Gasteiger partial charge < -0.3 is 24.8 Å². The number of methoxy groups -OCH3 is 1. The summed E-state index contributed by atoms with van der Waals surface area (Å²) in [6.45, 7) is 5.48. The van der Waals surface area contributed by atoms with Crippen LogP contribution >= 0.6 is 0 Å². The molecule has 0 radical (unpaired) electrons. The molecule has 2 fully saturated rings. The molecule has 1 aromatic heterocycles. The van der Waals surface area contributed by atoms with E-state index in [2.05, 4.69) is 20.5 Å². The molecule has 0 spiro atoms. The Morgan fingerprint density at radius 2 is 1.60 bits per heavy atom. The molecule has 4 rings (SSSR count). The summed E-state index contributed by atoms with van der Waals surface area (Å²) in [5.74, 6) is -0.0757. The number of pyridine rings is 1. The zero-order valence-electron chi connectivity index (χ0n) is 20.0. The molecule has 0 unspecified atom stereocenters. The summed E-state index contributed by atoms with van der Waals surface area (Å²) in [4.78, 5) is 47.9. The molecule has 2 N–H and O–H groups in total. The smallest absolute Gasteiger partial charge is 0.411 e. The van der Waals surface area contributed by atoms with Crippen LogP contribution in [0.4, 0.5) is 16.2 Å². The van der Waals surface area contributed by atoms with Crippen LogP contribution in [0.1, 0.15) is 33.6 Å². The Bertz CT molecular complexity index is 1040. The van der Waals surface area contributed by atoms with Crippen molar-refractivity contribution in [2.75, 3.05) is 69.7 Å². The van der Waals surface area contributed by atoms with Gasteiger partial charge in [-0.25, -0.2) is 4.79 Å². The lowest BCUT2D eigenvalue weighted by atomic mass is 10.1. The summed E-state index contributed by atoms with van der Waals surface area (Å²) in [6, 6.07) is 8.84. The van der Waals surface area contributed by atoms with Gasteiger partial charge in [-0.3, -0.25) is 19.9 Å². The van der Waals surface area contributed by atoms with Crippen molar-refractivity contribution in [2.24, 2.45) is 0 Å². The van der Waals surface area contributed by atoms with Gasteiger partial charge in [0.15, 0.2) is 0 Å². The van der Waals surface area contributed by atoms with Crippen LogP contribution in [-0.2, 0) is 4.74 Å². The van der Waals surface area contributed by atoms with E-state index in [1.807, 2.05) is 21.9 Å². The van der Waals surface area contributed by atoms with Crippen LogP contribution < -0.4 is 15.5 Å². The molecule has 2 saturated heterocycles. The Balaban J connectivity index is 1.53. The topological polar surface area (TPSA) is 107 Å². The van der Waals surface area contributed by atoms with E-state index in [1.165, 1.54) is 7.11 Å². The molecular weight excluding hydrogens is 448 g/mol. The van der Waals surface area contributed by atoms with Crippen molar-refractivity contribution in [2.45, 2.75) is 12.8 Å². The van der Waals surface area contributed by atoms with E-state index in [4.69, 9.17) is 4.74 Å². The predicted molar refractivity (Wildman–Crippen MR) is 133 cm³/mol. The van der Waals surface area contributed by atoms with Gasteiger partial charge in [0.1, 0.15) is 0 Å². The third-order valence-electron chi connectivity index (χ3n) is 6.34. The summed E-state index contributed by atoms with van der Waals surface area (Å²) in [6.07, 6.45) is 4.31. The van der Waals surface area contributed by atoms with E-state index in [0.717, 1.165) is 31.6 Å². The van der Waals surface area contributed by atoms with Gasteiger partial charge in [-0.15, -0.1) is 0 Å². The standard InChI is InChI=1S/C25H32N6O4/c1-35-25(34)28-21-18-20(24(33)30-12-2-8-26-11-15-30)4-5-22(21)29-13-3-14-31(17-16-29)23(32)19-6-9-27-10-7-19/h4-7,9-10,18,26H,2-3,8,11-17H2,1H3,(H,28,34). The van der Waals surface area contributed by atoms with Crippen molar-refractivity contribution in [3.05, 3.63) is 53.9 Å².